The fourth-order valence-electron chi connectivity index (χ4n) is 2.89. The van der Waals surface area contributed by atoms with Gasteiger partial charge in [-0.1, -0.05) is 12.6 Å². The van der Waals surface area contributed by atoms with Crippen molar-refractivity contribution in [3.05, 3.63) is 42.1 Å². The van der Waals surface area contributed by atoms with Crippen molar-refractivity contribution in [2.75, 3.05) is 20.2 Å². The number of carbonyl (C=O) groups is 1. The highest BCUT2D eigenvalue weighted by molar-refractivity contribution is 6.02. The number of fused-ring (bicyclic) bond motifs is 1. The zero-order chi connectivity index (χ0) is 15.0. The second-order valence-corrected chi connectivity index (χ2v) is 5.38. The fraction of sp³-hybridized carbons (Fsp3) is 0.375. The van der Waals surface area contributed by atoms with Gasteiger partial charge in [0.25, 0.3) is 0 Å². The van der Waals surface area contributed by atoms with E-state index in [0.717, 1.165) is 29.1 Å². The standard InChI is InChI=1S/C16H19N3O2/c1-3-19-6-7-21-14-8-10(12-9-13(12)15(17)20)4-5-11(14)16(19)18-2/h3-5,8,12-13H,1,6-7,9H2,2H3,(H2,17,20). The van der Waals surface area contributed by atoms with E-state index in [1.807, 2.05) is 23.1 Å². The molecule has 0 spiro atoms. The van der Waals surface area contributed by atoms with Crippen LogP contribution < -0.4 is 10.5 Å². The molecule has 0 radical (unpaired) electrons. The third-order valence-corrected chi connectivity index (χ3v) is 4.12. The SMILES string of the molecule is C=CN1CCOc2cc(C3CC3C(N)=O)ccc2C1=NC. The molecule has 3 rings (SSSR count). The summed E-state index contributed by atoms with van der Waals surface area (Å²) in [6.07, 6.45) is 2.60. The van der Waals surface area contributed by atoms with Crippen LogP contribution in [0.4, 0.5) is 0 Å². The second kappa shape index (κ2) is 5.24. The molecule has 110 valence electrons. The fourth-order valence-corrected chi connectivity index (χ4v) is 2.89. The summed E-state index contributed by atoms with van der Waals surface area (Å²) in [7, 11) is 1.76. The van der Waals surface area contributed by atoms with Crippen molar-refractivity contribution in [1.29, 1.82) is 0 Å². The highest BCUT2D eigenvalue weighted by Gasteiger charge is 2.43. The number of aliphatic imine (C=N–C) groups is 1. The molecule has 2 atom stereocenters. The van der Waals surface area contributed by atoms with E-state index in [0.29, 0.717) is 13.2 Å². The average Bonchev–Trinajstić information content (AvgIpc) is 3.28. The van der Waals surface area contributed by atoms with Crippen LogP contribution in [0.5, 0.6) is 5.75 Å². The van der Waals surface area contributed by atoms with Gasteiger partial charge >= 0.3 is 0 Å². The average molecular weight is 285 g/mol. The van der Waals surface area contributed by atoms with E-state index < -0.39 is 0 Å². The Hall–Kier alpha value is -2.30. The molecular formula is C16H19N3O2. The summed E-state index contributed by atoms with van der Waals surface area (Å²) in [4.78, 5) is 17.6. The summed E-state index contributed by atoms with van der Waals surface area (Å²) in [5.74, 6) is 1.65. The van der Waals surface area contributed by atoms with Gasteiger partial charge in [0.05, 0.1) is 12.1 Å². The number of amides is 1. The Labute approximate surface area is 124 Å². The van der Waals surface area contributed by atoms with Gasteiger partial charge in [-0.3, -0.25) is 9.79 Å². The van der Waals surface area contributed by atoms with Gasteiger partial charge < -0.3 is 15.4 Å². The van der Waals surface area contributed by atoms with Crippen LogP contribution in [0, 0.1) is 5.92 Å². The maximum Gasteiger partial charge on any atom is 0.221 e. The van der Waals surface area contributed by atoms with Gasteiger partial charge in [0.1, 0.15) is 18.2 Å². The first-order valence-electron chi connectivity index (χ1n) is 7.08. The van der Waals surface area contributed by atoms with E-state index in [1.54, 1.807) is 13.2 Å². The molecule has 2 aliphatic rings. The number of amidine groups is 1. The molecule has 1 heterocycles. The van der Waals surface area contributed by atoms with E-state index in [4.69, 9.17) is 10.5 Å². The second-order valence-electron chi connectivity index (χ2n) is 5.38. The van der Waals surface area contributed by atoms with E-state index >= 15 is 0 Å². The molecule has 1 aromatic rings. The molecule has 0 bridgehead atoms. The first kappa shape index (κ1) is 13.7. The molecule has 5 heteroatoms. The Morgan fingerprint density at radius 1 is 1.57 bits per heavy atom. The summed E-state index contributed by atoms with van der Waals surface area (Å²) in [6, 6.07) is 6.06. The van der Waals surface area contributed by atoms with Crippen LogP contribution in [0.15, 0.2) is 36.0 Å². The van der Waals surface area contributed by atoms with Gasteiger partial charge in [0, 0.05) is 13.0 Å². The highest BCUT2D eigenvalue weighted by Crippen LogP contribution is 2.48. The predicted octanol–water partition coefficient (Wildman–Crippen LogP) is 1.49. The Kier molecular flexibility index (Phi) is 3.41. The van der Waals surface area contributed by atoms with Gasteiger partial charge in [0.2, 0.25) is 5.91 Å². The minimum atomic E-state index is -0.218. The van der Waals surface area contributed by atoms with Crippen molar-refractivity contribution in [2.45, 2.75) is 12.3 Å². The van der Waals surface area contributed by atoms with Crippen LogP contribution >= 0.6 is 0 Å². The van der Waals surface area contributed by atoms with Crippen molar-refractivity contribution in [2.24, 2.45) is 16.6 Å². The molecule has 5 nitrogen and oxygen atoms in total. The minimum absolute atomic E-state index is 0.0298. The lowest BCUT2D eigenvalue weighted by atomic mass is 10.0. The van der Waals surface area contributed by atoms with E-state index in [9.17, 15) is 4.79 Å². The van der Waals surface area contributed by atoms with Crippen LogP contribution in [0.3, 0.4) is 0 Å². The Morgan fingerprint density at radius 3 is 3.00 bits per heavy atom. The zero-order valence-electron chi connectivity index (χ0n) is 12.1. The maximum absolute atomic E-state index is 11.2. The number of hydrogen-bond acceptors (Lipinski definition) is 3. The molecule has 0 saturated heterocycles. The topological polar surface area (TPSA) is 67.9 Å². The minimum Gasteiger partial charge on any atom is -0.491 e. The molecule has 1 aliphatic heterocycles. The number of nitrogens with zero attached hydrogens (tertiary/aromatic N) is 2. The van der Waals surface area contributed by atoms with Crippen molar-refractivity contribution in [3.63, 3.8) is 0 Å². The molecule has 1 aromatic carbocycles. The van der Waals surface area contributed by atoms with Crippen molar-refractivity contribution in [3.8, 4) is 5.75 Å². The third-order valence-electron chi connectivity index (χ3n) is 4.12. The molecule has 2 N–H and O–H groups in total. The third kappa shape index (κ3) is 2.39. The first-order chi connectivity index (χ1) is 10.2. The summed E-state index contributed by atoms with van der Waals surface area (Å²) >= 11 is 0. The predicted molar refractivity (Wildman–Crippen MR) is 81.3 cm³/mol. The lowest BCUT2D eigenvalue weighted by Crippen LogP contribution is -2.27. The molecule has 1 aliphatic carbocycles. The van der Waals surface area contributed by atoms with E-state index in [1.165, 1.54) is 0 Å². The monoisotopic (exact) mass is 285 g/mol. The number of primary amides is 1. The van der Waals surface area contributed by atoms with Crippen LogP contribution in [0.2, 0.25) is 0 Å². The van der Waals surface area contributed by atoms with E-state index in [-0.39, 0.29) is 17.7 Å². The van der Waals surface area contributed by atoms with Crippen LogP contribution in [0.1, 0.15) is 23.5 Å². The lowest BCUT2D eigenvalue weighted by molar-refractivity contribution is -0.119. The van der Waals surface area contributed by atoms with Crippen molar-refractivity contribution in [1.82, 2.24) is 4.90 Å². The largest absolute Gasteiger partial charge is 0.491 e. The zero-order valence-corrected chi connectivity index (χ0v) is 12.1. The molecular weight excluding hydrogens is 266 g/mol. The van der Waals surface area contributed by atoms with Gasteiger partial charge in [-0.15, -0.1) is 0 Å². The summed E-state index contributed by atoms with van der Waals surface area (Å²) in [5.41, 5.74) is 7.43. The summed E-state index contributed by atoms with van der Waals surface area (Å²) in [6.45, 7) is 5.11. The molecule has 0 aromatic heterocycles. The molecule has 21 heavy (non-hydrogen) atoms. The van der Waals surface area contributed by atoms with Crippen LogP contribution in [-0.2, 0) is 4.79 Å². The normalized spacial score (nSPS) is 25.8. The van der Waals surface area contributed by atoms with Gasteiger partial charge in [0.15, 0.2) is 0 Å². The number of carbonyl (C=O) groups excluding carboxylic acids is 1. The summed E-state index contributed by atoms with van der Waals surface area (Å²) < 4.78 is 5.84. The van der Waals surface area contributed by atoms with Crippen molar-refractivity contribution < 1.29 is 9.53 Å². The number of hydrogen-bond donors (Lipinski definition) is 1. The van der Waals surface area contributed by atoms with Crippen LogP contribution in [-0.4, -0.2) is 36.8 Å². The number of nitrogens with two attached hydrogens (primary N) is 1. The van der Waals surface area contributed by atoms with Crippen molar-refractivity contribution >= 4 is 11.7 Å². The Morgan fingerprint density at radius 2 is 2.38 bits per heavy atom. The number of ether oxygens (including phenoxy) is 1. The molecule has 1 saturated carbocycles. The van der Waals surface area contributed by atoms with Gasteiger partial charge in [-0.2, -0.15) is 0 Å². The molecule has 1 fully saturated rings. The van der Waals surface area contributed by atoms with E-state index in [2.05, 4.69) is 11.6 Å². The quantitative estimate of drug-likeness (QED) is 0.915. The molecule has 1 amide bonds. The highest BCUT2D eigenvalue weighted by atomic mass is 16.5. The smallest absolute Gasteiger partial charge is 0.221 e. The number of rotatable bonds is 3. The van der Waals surface area contributed by atoms with Crippen LogP contribution in [0.25, 0.3) is 0 Å². The van der Waals surface area contributed by atoms with Gasteiger partial charge in [-0.05, 0) is 36.2 Å². The number of benzene rings is 1. The Balaban J connectivity index is 1.94. The summed E-state index contributed by atoms with van der Waals surface area (Å²) in [5, 5.41) is 0. The Bertz CT molecular complexity index is 624. The lowest BCUT2D eigenvalue weighted by Gasteiger charge is -2.18. The maximum atomic E-state index is 11.2. The first-order valence-corrected chi connectivity index (χ1v) is 7.08. The molecule has 2 unspecified atom stereocenters. The van der Waals surface area contributed by atoms with Gasteiger partial charge in [-0.25, -0.2) is 0 Å².